The first-order chi connectivity index (χ1) is 7.33. The number of hydrogen-bond acceptors (Lipinski definition) is 2. The van der Waals surface area contributed by atoms with Gasteiger partial charge in [-0.05, 0) is 31.2 Å². The summed E-state index contributed by atoms with van der Waals surface area (Å²) in [6, 6.07) is 0. The lowest BCUT2D eigenvalue weighted by molar-refractivity contribution is 0.112. The molecular formula is C12H14ClNO. The van der Waals surface area contributed by atoms with Gasteiger partial charge in [0.2, 0.25) is 0 Å². The average Bonchev–Trinajstić information content (AvgIpc) is 2.20. The van der Waals surface area contributed by atoms with Crippen molar-refractivity contribution >= 4 is 17.9 Å². The summed E-state index contributed by atoms with van der Waals surface area (Å²) in [7, 11) is 0. The second-order valence-electron chi connectivity index (χ2n) is 3.98. The Balaban J connectivity index is 2.42. The lowest BCUT2D eigenvalue weighted by atomic mass is 9.96. The minimum Gasteiger partial charge on any atom is -0.298 e. The van der Waals surface area contributed by atoms with E-state index in [-0.39, 0.29) is 0 Å². The van der Waals surface area contributed by atoms with Gasteiger partial charge in [0.05, 0.1) is 10.6 Å². The van der Waals surface area contributed by atoms with Crippen molar-refractivity contribution < 1.29 is 4.79 Å². The Bertz CT molecular complexity index is 376. The van der Waals surface area contributed by atoms with Gasteiger partial charge in [-0.1, -0.05) is 24.4 Å². The molecule has 1 aliphatic rings. The van der Waals surface area contributed by atoms with Gasteiger partial charge in [-0.3, -0.25) is 9.78 Å². The summed E-state index contributed by atoms with van der Waals surface area (Å²) in [6.07, 6.45) is 9.18. The van der Waals surface area contributed by atoms with Gasteiger partial charge in [0, 0.05) is 11.9 Å². The van der Waals surface area contributed by atoms with Crippen molar-refractivity contribution in [2.45, 2.75) is 38.5 Å². The standard InChI is InChI=1S/C12H14ClNO/c13-12-9(8-15)7-14-11-6-4-2-1-3-5-10(11)12/h7-8H,1-6H2. The maximum Gasteiger partial charge on any atom is 0.153 e. The Morgan fingerprint density at radius 2 is 1.93 bits per heavy atom. The monoisotopic (exact) mass is 223 g/mol. The summed E-state index contributed by atoms with van der Waals surface area (Å²) >= 11 is 6.18. The zero-order valence-electron chi connectivity index (χ0n) is 8.63. The van der Waals surface area contributed by atoms with Gasteiger partial charge in [-0.15, -0.1) is 0 Å². The Morgan fingerprint density at radius 1 is 1.20 bits per heavy atom. The Kier molecular flexibility index (Phi) is 3.37. The van der Waals surface area contributed by atoms with Crippen molar-refractivity contribution in [3.63, 3.8) is 0 Å². The second-order valence-corrected chi connectivity index (χ2v) is 4.36. The highest BCUT2D eigenvalue weighted by Crippen LogP contribution is 2.27. The van der Waals surface area contributed by atoms with E-state index in [4.69, 9.17) is 11.6 Å². The van der Waals surface area contributed by atoms with Crippen LogP contribution in [0.3, 0.4) is 0 Å². The number of nitrogens with zero attached hydrogens (tertiary/aromatic N) is 1. The molecule has 0 bridgehead atoms. The quantitative estimate of drug-likeness (QED) is 0.685. The molecule has 0 atom stereocenters. The minimum absolute atomic E-state index is 0.524. The molecule has 0 saturated heterocycles. The Labute approximate surface area is 94.7 Å². The molecule has 0 aliphatic heterocycles. The van der Waals surface area contributed by atoms with E-state index in [1.807, 2.05) is 0 Å². The third-order valence-corrected chi connectivity index (χ3v) is 3.39. The van der Waals surface area contributed by atoms with Crippen LogP contribution in [-0.2, 0) is 12.8 Å². The molecule has 0 N–H and O–H groups in total. The van der Waals surface area contributed by atoms with Crippen molar-refractivity contribution in [2.24, 2.45) is 0 Å². The van der Waals surface area contributed by atoms with Gasteiger partial charge < -0.3 is 0 Å². The summed E-state index contributed by atoms with van der Waals surface area (Å²) in [4.78, 5) is 15.1. The smallest absolute Gasteiger partial charge is 0.153 e. The third-order valence-electron chi connectivity index (χ3n) is 2.94. The van der Waals surface area contributed by atoms with E-state index in [0.29, 0.717) is 10.6 Å². The van der Waals surface area contributed by atoms with Crippen LogP contribution in [0, 0.1) is 0 Å². The van der Waals surface area contributed by atoms with Gasteiger partial charge in [0.15, 0.2) is 6.29 Å². The van der Waals surface area contributed by atoms with Crippen LogP contribution >= 0.6 is 11.6 Å². The number of pyridine rings is 1. The topological polar surface area (TPSA) is 30.0 Å². The first-order valence-corrected chi connectivity index (χ1v) is 5.82. The van der Waals surface area contributed by atoms with Crippen LogP contribution in [0.4, 0.5) is 0 Å². The van der Waals surface area contributed by atoms with Crippen LogP contribution in [0.2, 0.25) is 5.02 Å². The van der Waals surface area contributed by atoms with E-state index in [1.165, 1.54) is 19.3 Å². The van der Waals surface area contributed by atoms with Crippen molar-refractivity contribution in [1.82, 2.24) is 4.98 Å². The highest BCUT2D eigenvalue weighted by atomic mass is 35.5. The first kappa shape index (κ1) is 10.6. The third kappa shape index (κ3) is 2.20. The van der Waals surface area contributed by atoms with Crippen molar-refractivity contribution in [2.75, 3.05) is 0 Å². The molecule has 1 aromatic heterocycles. The summed E-state index contributed by atoms with van der Waals surface area (Å²) in [5.74, 6) is 0. The lowest BCUT2D eigenvalue weighted by Crippen LogP contribution is -2.05. The van der Waals surface area contributed by atoms with E-state index >= 15 is 0 Å². The zero-order chi connectivity index (χ0) is 10.7. The van der Waals surface area contributed by atoms with E-state index < -0.39 is 0 Å². The van der Waals surface area contributed by atoms with Gasteiger partial charge in [-0.2, -0.15) is 0 Å². The maximum atomic E-state index is 10.7. The summed E-state index contributed by atoms with van der Waals surface area (Å²) in [6.45, 7) is 0. The van der Waals surface area contributed by atoms with Crippen LogP contribution < -0.4 is 0 Å². The lowest BCUT2D eigenvalue weighted by Gasteiger charge is -2.14. The molecule has 1 heterocycles. The van der Waals surface area contributed by atoms with E-state index in [1.54, 1.807) is 6.20 Å². The van der Waals surface area contributed by atoms with Crippen molar-refractivity contribution in [3.05, 3.63) is 28.0 Å². The summed E-state index contributed by atoms with van der Waals surface area (Å²) in [5.41, 5.74) is 2.71. The Morgan fingerprint density at radius 3 is 2.67 bits per heavy atom. The van der Waals surface area contributed by atoms with Gasteiger partial charge in [0.1, 0.15) is 0 Å². The largest absolute Gasteiger partial charge is 0.298 e. The number of hydrogen-bond donors (Lipinski definition) is 0. The van der Waals surface area contributed by atoms with Crippen LogP contribution in [0.15, 0.2) is 6.20 Å². The number of aromatic nitrogens is 1. The predicted molar refractivity (Wildman–Crippen MR) is 60.5 cm³/mol. The maximum absolute atomic E-state index is 10.7. The SMILES string of the molecule is O=Cc1cnc2c(c1Cl)CCCCCC2. The molecule has 80 valence electrons. The molecular weight excluding hydrogens is 210 g/mol. The normalized spacial score (nSPS) is 16.3. The molecule has 0 amide bonds. The first-order valence-electron chi connectivity index (χ1n) is 5.44. The number of aldehydes is 1. The molecule has 3 heteroatoms. The molecule has 15 heavy (non-hydrogen) atoms. The molecule has 0 aromatic carbocycles. The van der Waals surface area contributed by atoms with E-state index in [0.717, 1.165) is 36.8 Å². The molecule has 0 spiro atoms. The van der Waals surface area contributed by atoms with Gasteiger partial charge >= 0.3 is 0 Å². The highest BCUT2D eigenvalue weighted by Gasteiger charge is 2.14. The van der Waals surface area contributed by atoms with Crippen LogP contribution in [-0.4, -0.2) is 11.3 Å². The average molecular weight is 224 g/mol. The van der Waals surface area contributed by atoms with Crippen LogP contribution in [0.1, 0.15) is 47.3 Å². The summed E-state index contributed by atoms with van der Waals surface area (Å²) < 4.78 is 0. The number of aryl methyl sites for hydroxylation is 1. The fraction of sp³-hybridized carbons (Fsp3) is 0.500. The van der Waals surface area contributed by atoms with Gasteiger partial charge in [-0.25, -0.2) is 0 Å². The van der Waals surface area contributed by atoms with E-state index in [2.05, 4.69) is 4.98 Å². The second kappa shape index (κ2) is 4.75. The molecule has 0 saturated carbocycles. The zero-order valence-corrected chi connectivity index (χ0v) is 9.39. The van der Waals surface area contributed by atoms with Crippen LogP contribution in [0.25, 0.3) is 0 Å². The molecule has 2 nitrogen and oxygen atoms in total. The fourth-order valence-corrected chi connectivity index (χ4v) is 2.38. The van der Waals surface area contributed by atoms with Gasteiger partial charge in [0.25, 0.3) is 0 Å². The number of carbonyl (C=O) groups excluding carboxylic acids is 1. The van der Waals surface area contributed by atoms with E-state index in [9.17, 15) is 4.79 Å². The number of fused-ring (bicyclic) bond motifs is 1. The van der Waals surface area contributed by atoms with Crippen molar-refractivity contribution in [3.8, 4) is 0 Å². The molecule has 1 aliphatic carbocycles. The highest BCUT2D eigenvalue weighted by molar-refractivity contribution is 6.33. The minimum atomic E-state index is 0.524. The molecule has 1 aromatic rings. The molecule has 0 fully saturated rings. The molecule has 2 rings (SSSR count). The number of halogens is 1. The predicted octanol–water partition coefficient (Wildman–Crippen LogP) is 3.21. The fourth-order valence-electron chi connectivity index (χ4n) is 2.08. The Hall–Kier alpha value is -0.890. The number of carbonyl (C=O) groups is 1. The molecule has 0 unspecified atom stereocenters. The van der Waals surface area contributed by atoms with Crippen LogP contribution in [0.5, 0.6) is 0 Å². The van der Waals surface area contributed by atoms with Crippen molar-refractivity contribution in [1.29, 1.82) is 0 Å². The number of rotatable bonds is 1. The summed E-state index contributed by atoms with van der Waals surface area (Å²) in [5, 5.41) is 0.622. The molecule has 0 radical (unpaired) electrons.